The number of hydrogen-bond acceptors (Lipinski definition) is 6. The molecule has 26 heavy (non-hydrogen) atoms. The van der Waals surface area contributed by atoms with Gasteiger partial charge in [-0.3, -0.25) is 9.78 Å². The van der Waals surface area contributed by atoms with E-state index in [2.05, 4.69) is 15.3 Å². The number of rotatable bonds is 4. The van der Waals surface area contributed by atoms with Crippen LogP contribution in [0.4, 0.5) is 11.4 Å². The van der Waals surface area contributed by atoms with E-state index >= 15 is 0 Å². The molecule has 0 spiro atoms. The first-order valence-corrected chi connectivity index (χ1v) is 9.47. The van der Waals surface area contributed by atoms with Gasteiger partial charge in [0, 0.05) is 29.3 Å². The van der Waals surface area contributed by atoms with Crippen LogP contribution in [0, 0.1) is 6.92 Å². The zero-order chi connectivity index (χ0) is 18.3. The van der Waals surface area contributed by atoms with Crippen molar-refractivity contribution < 1.29 is 9.53 Å². The number of fused-ring (bicyclic) bond motifs is 2. The monoisotopic (exact) mass is 366 g/mol. The van der Waals surface area contributed by atoms with Crippen LogP contribution in [-0.4, -0.2) is 28.7 Å². The van der Waals surface area contributed by atoms with E-state index < -0.39 is 5.91 Å². The Labute approximate surface area is 155 Å². The summed E-state index contributed by atoms with van der Waals surface area (Å²) < 4.78 is 5.64. The molecule has 3 heterocycles. The molecule has 0 saturated heterocycles. The molecule has 0 saturated carbocycles. The summed E-state index contributed by atoms with van der Waals surface area (Å²) >= 11 is 1.54. The normalized spacial score (nSPS) is 12.7. The molecule has 7 heteroatoms. The molecule has 2 aromatic heterocycles. The summed E-state index contributed by atoms with van der Waals surface area (Å²) in [6.45, 7) is 2.57. The standard InChI is InChI=1S/C19H18N4O2S/c1-10-17-12(8-16(22-10)26-2)18(13(9-21-17)19(20)24)23-14-4-3-5-15-11(14)6-7-25-15/h3-5,8-9H,6-7H2,1-2H3,(H2,20,24)(H,21,23). The maximum Gasteiger partial charge on any atom is 0.252 e. The maximum absolute atomic E-state index is 12.0. The molecule has 4 rings (SSSR count). The molecular formula is C19H18N4O2S. The highest BCUT2D eigenvalue weighted by Gasteiger charge is 2.20. The number of aryl methyl sites for hydroxylation is 1. The number of anilines is 2. The largest absolute Gasteiger partial charge is 0.493 e. The maximum atomic E-state index is 12.0. The van der Waals surface area contributed by atoms with Crippen molar-refractivity contribution in [3.05, 3.63) is 47.3 Å². The third-order valence-corrected chi connectivity index (χ3v) is 5.11. The predicted octanol–water partition coefficient (Wildman–Crippen LogP) is 3.44. The van der Waals surface area contributed by atoms with E-state index in [-0.39, 0.29) is 0 Å². The van der Waals surface area contributed by atoms with Crippen LogP contribution < -0.4 is 15.8 Å². The molecule has 1 amide bonds. The van der Waals surface area contributed by atoms with Gasteiger partial charge >= 0.3 is 0 Å². The first kappa shape index (κ1) is 16.7. The van der Waals surface area contributed by atoms with Crippen molar-refractivity contribution in [3.63, 3.8) is 0 Å². The Kier molecular flexibility index (Phi) is 4.16. The number of nitrogens with one attached hydrogen (secondary N) is 1. The number of benzene rings is 1. The Balaban J connectivity index is 1.95. The minimum absolute atomic E-state index is 0.353. The highest BCUT2D eigenvalue weighted by atomic mass is 32.2. The molecule has 1 aromatic carbocycles. The van der Waals surface area contributed by atoms with Gasteiger partial charge in [0.25, 0.3) is 5.91 Å². The van der Waals surface area contributed by atoms with Gasteiger partial charge in [0.2, 0.25) is 0 Å². The number of nitrogens with two attached hydrogens (primary N) is 1. The van der Waals surface area contributed by atoms with Crippen molar-refractivity contribution in [2.75, 3.05) is 18.2 Å². The zero-order valence-corrected chi connectivity index (χ0v) is 15.3. The van der Waals surface area contributed by atoms with E-state index in [1.807, 2.05) is 37.4 Å². The molecule has 0 fully saturated rings. The van der Waals surface area contributed by atoms with Crippen LogP contribution in [0.15, 0.2) is 35.5 Å². The third kappa shape index (κ3) is 2.74. The summed E-state index contributed by atoms with van der Waals surface area (Å²) in [5.41, 5.74) is 10.2. The average Bonchev–Trinajstić information content (AvgIpc) is 3.11. The van der Waals surface area contributed by atoms with E-state index in [0.29, 0.717) is 17.9 Å². The highest BCUT2D eigenvalue weighted by molar-refractivity contribution is 7.98. The Hall–Kier alpha value is -2.80. The number of primary amides is 1. The van der Waals surface area contributed by atoms with E-state index in [1.165, 1.54) is 6.20 Å². The summed E-state index contributed by atoms with van der Waals surface area (Å²) in [5, 5.41) is 5.11. The zero-order valence-electron chi connectivity index (χ0n) is 14.5. The summed E-state index contributed by atoms with van der Waals surface area (Å²) in [6.07, 6.45) is 4.30. The van der Waals surface area contributed by atoms with Crippen LogP contribution >= 0.6 is 11.8 Å². The highest BCUT2D eigenvalue weighted by Crippen LogP contribution is 2.37. The molecule has 3 aromatic rings. The molecule has 1 aliphatic rings. The second kappa shape index (κ2) is 6.49. The summed E-state index contributed by atoms with van der Waals surface area (Å²) in [7, 11) is 0. The van der Waals surface area contributed by atoms with Crippen molar-refractivity contribution in [1.82, 2.24) is 9.97 Å². The van der Waals surface area contributed by atoms with Gasteiger partial charge in [-0.15, -0.1) is 11.8 Å². The second-order valence-corrected chi connectivity index (χ2v) is 6.89. The van der Waals surface area contributed by atoms with Crippen LogP contribution in [0.2, 0.25) is 0 Å². The number of nitrogens with zero attached hydrogens (tertiary/aromatic N) is 2. The molecule has 1 aliphatic heterocycles. The van der Waals surface area contributed by atoms with Crippen molar-refractivity contribution >= 4 is 39.9 Å². The lowest BCUT2D eigenvalue weighted by Gasteiger charge is -2.16. The number of amides is 1. The Morgan fingerprint density at radius 3 is 3.00 bits per heavy atom. The first-order valence-electron chi connectivity index (χ1n) is 8.24. The minimum atomic E-state index is -0.522. The van der Waals surface area contributed by atoms with Crippen LogP contribution in [0.25, 0.3) is 10.9 Å². The first-order chi connectivity index (χ1) is 12.6. The van der Waals surface area contributed by atoms with Gasteiger partial charge < -0.3 is 15.8 Å². The molecule has 132 valence electrons. The predicted molar refractivity (Wildman–Crippen MR) is 103 cm³/mol. The van der Waals surface area contributed by atoms with E-state index in [9.17, 15) is 4.79 Å². The number of hydrogen-bond donors (Lipinski definition) is 2. The van der Waals surface area contributed by atoms with Gasteiger partial charge in [0.15, 0.2) is 0 Å². The van der Waals surface area contributed by atoms with Crippen molar-refractivity contribution in [3.8, 4) is 5.75 Å². The smallest absolute Gasteiger partial charge is 0.252 e. The Bertz CT molecular complexity index is 1040. The molecule has 0 bridgehead atoms. The lowest BCUT2D eigenvalue weighted by Crippen LogP contribution is -2.14. The topological polar surface area (TPSA) is 90.1 Å². The number of thioether (sulfide) groups is 1. The number of aromatic nitrogens is 2. The van der Waals surface area contributed by atoms with Crippen molar-refractivity contribution in [2.24, 2.45) is 5.73 Å². The van der Waals surface area contributed by atoms with E-state index in [1.54, 1.807) is 11.8 Å². The van der Waals surface area contributed by atoms with Crippen LogP contribution in [0.3, 0.4) is 0 Å². The Morgan fingerprint density at radius 1 is 1.38 bits per heavy atom. The SMILES string of the molecule is CSc1cc2c(Nc3cccc4c3CCO4)c(C(N)=O)cnc2c(C)n1. The fourth-order valence-corrected chi connectivity index (χ4v) is 3.69. The number of carbonyl (C=O) groups is 1. The van der Waals surface area contributed by atoms with Crippen molar-refractivity contribution in [1.29, 1.82) is 0 Å². The Morgan fingerprint density at radius 2 is 2.23 bits per heavy atom. The van der Waals surface area contributed by atoms with Gasteiger partial charge in [-0.25, -0.2) is 4.98 Å². The third-order valence-electron chi connectivity index (χ3n) is 4.48. The van der Waals surface area contributed by atoms with Gasteiger partial charge in [0.1, 0.15) is 5.75 Å². The van der Waals surface area contributed by atoms with E-state index in [4.69, 9.17) is 10.5 Å². The van der Waals surface area contributed by atoms with Crippen LogP contribution in [-0.2, 0) is 6.42 Å². The molecule has 0 unspecified atom stereocenters. The molecule has 0 radical (unpaired) electrons. The fraction of sp³-hybridized carbons (Fsp3) is 0.211. The van der Waals surface area contributed by atoms with Gasteiger partial charge in [0.05, 0.1) is 34.1 Å². The van der Waals surface area contributed by atoms with Crippen molar-refractivity contribution in [2.45, 2.75) is 18.4 Å². The van der Waals surface area contributed by atoms with Crippen LogP contribution in [0.5, 0.6) is 5.75 Å². The van der Waals surface area contributed by atoms with E-state index in [0.717, 1.165) is 45.0 Å². The molecule has 0 atom stereocenters. The summed E-state index contributed by atoms with van der Waals surface area (Å²) in [4.78, 5) is 21.0. The lowest BCUT2D eigenvalue weighted by atomic mass is 10.1. The van der Waals surface area contributed by atoms with Gasteiger partial charge in [-0.05, 0) is 31.4 Å². The van der Waals surface area contributed by atoms with Gasteiger partial charge in [-0.2, -0.15) is 0 Å². The summed E-state index contributed by atoms with van der Waals surface area (Å²) in [5.74, 6) is 0.350. The number of pyridine rings is 2. The van der Waals surface area contributed by atoms with Crippen LogP contribution in [0.1, 0.15) is 21.6 Å². The number of ether oxygens (including phenoxy) is 1. The molecule has 3 N–H and O–H groups in total. The van der Waals surface area contributed by atoms with Gasteiger partial charge in [-0.1, -0.05) is 6.07 Å². The molecular weight excluding hydrogens is 348 g/mol. The lowest BCUT2D eigenvalue weighted by molar-refractivity contribution is 0.100. The fourth-order valence-electron chi connectivity index (χ4n) is 3.23. The second-order valence-electron chi connectivity index (χ2n) is 6.06. The number of carbonyl (C=O) groups excluding carboxylic acids is 1. The summed E-state index contributed by atoms with van der Waals surface area (Å²) in [6, 6.07) is 7.80. The minimum Gasteiger partial charge on any atom is -0.493 e. The quantitative estimate of drug-likeness (QED) is 0.688. The molecule has 0 aliphatic carbocycles. The molecule has 6 nitrogen and oxygen atoms in total. The average molecular weight is 366 g/mol.